The molecule has 0 spiro atoms. The summed E-state index contributed by atoms with van der Waals surface area (Å²) in [5, 5.41) is 0. The van der Waals surface area contributed by atoms with E-state index in [4.69, 9.17) is 0 Å². The van der Waals surface area contributed by atoms with Crippen molar-refractivity contribution in [3.63, 3.8) is 0 Å². The molecule has 1 radical (unpaired) electrons. The smallest absolute Gasteiger partial charge is 0.358 e. The van der Waals surface area contributed by atoms with E-state index in [0.29, 0.717) is 0 Å². The molecule has 9 heavy (non-hydrogen) atoms. The molecule has 0 N–H and O–H groups in total. The van der Waals surface area contributed by atoms with Crippen LogP contribution in [0.3, 0.4) is 0 Å². The molecule has 0 aromatic heterocycles. The maximum atomic E-state index is 3.12. The Morgan fingerprint density at radius 2 is 2.00 bits per heavy atom. The summed E-state index contributed by atoms with van der Waals surface area (Å²) in [6.45, 7) is 2.06. The minimum atomic E-state index is 0. The van der Waals surface area contributed by atoms with Crippen LogP contribution in [0, 0.1) is 20.9 Å². The summed E-state index contributed by atoms with van der Waals surface area (Å²) >= 11 is 0. The SMILES string of the molecule is CC1=[C-]CC=C1.[CH3-].[CH3-].[Ti+3]. The second-order valence-electron chi connectivity index (χ2n) is 1.47. The van der Waals surface area contributed by atoms with Crippen molar-refractivity contribution in [3.05, 3.63) is 38.7 Å². The molecule has 1 aliphatic carbocycles. The van der Waals surface area contributed by atoms with Crippen molar-refractivity contribution in [2.24, 2.45) is 0 Å². The summed E-state index contributed by atoms with van der Waals surface area (Å²) in [7, 11) is 0. The third-order valence-corrected chi connectivity index (χ3v) is 0.867. The Bertz CT molecular complexity index is 98.4. The van der Waals surface area contributed by atoms with Gasteiger partial charge in [0.25, 0.3) is 0 Å². The van der Waals surface area contributed by atoms with E-state index in [-0.39, 0.29) is 36.6 Å². The van der Waals surface area contributed by atoms with Gasteiger partial charge in [-0.1, -0.05) is 6.92 Å². The van der Waals surface area contributed by atoms with E-state index in [1.54, 1.807) is 0 Å². The van der Waals surface area contributed by atoms with Crippen LogP contribution in [-0.4, -0.2) is 0 Å². The predicted molar refractivity (Wildman–Crippen MR) is 39.0 cm³/mol. The van der Waals surface area contributed by atoms with Crippen molar-refractivity contribution in [3.8, 4) is 0 Å². The summed E-state index contributed by atoms with van der Waals surface area (Å²) in [6, 6.07) is 0. The van der Waals surface area contributed by atoms with Gasteiger partial charge in [-0.25, -0.2) is 11.6 Å². The molecule has 0 heterocycles. The number of hydrogen-bond acceptors (Lipinski definition) is 0. The van der Waals surface area contributed by atoms with Gasteiger partial charge in [0.1, 0.15) is 0 Å². The molecule has 0 amide bonds. The first-order valence-electron chi connectivity index (χ1n) is 2.13. The van der Waals surface area contributed by atoms with Crippen LogP contribution in [-0.2, 0) is 21.7 Å². The fourth-order valence-electron chi connectivity index (χ4n) is 0.515. The molecule has 49 valence electrons. The van der Waals surface area contributed by atoms with Crippen LogP contribution in [0.2, 0.25) is 0 Å². The van der Waals surface area contributed by atoms with Crippen molar-refractivity contribution >= 4 is 0 Å². The number of rotatable bonds is 0. The van der Waals surface area contributed by atoms with Gasteiger partial charge in [0, 0.05) is 0 Å². The molecule has 0 unspecified atom stereocenters. The predicted octanol–water partition coefficient (Wildman–Crippen LogP) is 2.59. The molecule has 0 fully saturated rings. The molecule has 0 aromatic rings. The summed E-state index contributed by atoms with van der Waals surface area (Å²) in [5.41, 5.74) is 1.27. The molecule has 1 aliphatic rings. The average Bonchev–Trinajstić information content (AvgIpc) is 1.86. The molecule has 0 nitrogen and oxygen atoms in total. The van der Waals surface area contributed by atoms with Crippen molar-refractivity contribution in [1.29, 1.82) is 0 Å². The van der Waals surface area contributed by atoms with Crippen molar-refractivity contribution in [2.75, 3.05) is 0 Å². The normalized spacial score (nSPS) is 12.3. The molecule has 0 saturated heterocycles. The summed E-state index contributed by atoms with van der Waals surface area (Å²) < 4.78 is 0. The van der Waals surface area contributed by atoms with Crippen molar-refractivity contribution in [1.82, 2.24) is 0 Å². The van der Waals surface area contributed by atoms with Gasteiger partial charge in [-0.15, -0.1) is 6.42 Å². The third kappa shape index (κ3) is 6.07. The molecular weight excluding hydrogens is 144 g/mol. The van der Waals surface area contributed by atoms with Crippen LogP contribution in [0.15, 0.2) is 17.7 Å². The number of allylic oxidation sites excluding steroid dienone is 4. The summed E-state index contributed by atoms with van der Waals surface area (Å²) in [4.78, 5) is 0. The monoisotopic (exact) mass is 157 g/mol. The first-order chi connectivity index (χ1) is 2.89. The second-order valence-corrected chi connectivity index (χ2v) is 1.47. The van der Waals surface area contributed by atoms with Gasteiger partial charge in [0.05, 0.1) is 0 Å². The molecule has 0 atom stereocenters. The fourth-order valence-corrected chi connectivity index (χ4v) is 0.515. The van der Waals surface area contributed by atoms with Crippen LogP contribution >= 0.6 is 0 Å². The first-order valence-corrected chi connectivity index (χ1v) is 2.13. The van der Waals surface area contributed by atoms with Crippen LogP contribution in [0.4, 0.5) is 0 Å². The van der Waals surface area contributed by atoms with E-state index in [1.807, 2.05) is 0 Å². The summed E-state index contributed by atoms with van der Waals surface area (Å²) in [6.07, 6.45) is 8.33. The van der Waals surface area contributed by atoms with Gasteiger partial charge in [0.2, 0.25) is 0 Å². The van der Waals surface area contributed by atoms with Crippen LogP contribution < -0.4 is 0 Å². The molecular formula is C8H13Ti. The molecule has 0 saturated carbocycles. The largest absolute Gasteiger partial charge is 3.00 e. The van der Waals surface area contributed by atoms with Crippen molar-refractivity contribution in [2.45, 2.75) is 13.3 Å². The minimum Gasteiger partial charge on any atom is -0.358 e. The first kappa shape index (κ1) is 16.1. The Hall–Kier alpha value is 0.194. The van der Waals surface area contributed by atoms with E-state index in [1.165, 1.54) is 5.57 Å². The van der Waals surface area contributed by atoms with Gasteiger partial charge < -0.3 is 14.9 Å². The molecule has 0 aliphatic heterocycles. The Labute approximate surface area is 73.9 Å². The van der Waals surface area contributed by atoms with Gasteiger partial charge in [-0.05, 0) is 0 Å². The zero-order chi connectivity index (χ0) is 4.41. The molecule has 0 bridgehead atoms. The van der Waals surface area contributed by atoms with Gasteiger partial charge in [-0.3, -0.25) is 6.08 Å². The zero-order valence-electron chi connectivity index (χ0n) is 6.36. The minimum absolute atomic E-state index is 0. The maximum Gasteiger partial charge on any atom is 3.00 e. The summed E-state index contributed by atoms with van der Waals surface area (Å²) in [5.74, 6) is 0. The van der Waals surface area contributed by atoms with E-state index < -0.39 is 0 Å². The Morgan fingerprint density at radius 1 is 1.44 bits per heavy atom. The van der Waals surface area contributed by atoms with Gasteiger partial charge in [-0.2, -0.15) is 6.08 Å². The standard InChI is InChI=1S/C6H7.2CH3.Ti/c1-6-4-2-3-5-6;;;/h2,4H,3H2,1H3;2*1H3;/q3*-1;+3. The third-order valence-electron chi connectivity index (χ3n) is 0.867. The van der Waals surface area contributed by atoms with Gasteiger partial charge >= 0.3 is 21.7 Å². The Balaban J connectivity index is -0.000000120. The van der Waals surface area contributed by atoms with E-state index in [2.05, 4.69) is 25.2 Å². The Kier molecular flexibility index (Phi) is 14.6. The maximum absolute atomic E-state index is 3.12. The average molecular weight is 157 g/mol. The van der Waals surface area contributed by atoms with Crippen molar-refractivity contribution < 1.29 is 21.7 Å². The zero-order valence-corrected chi connectivity index (χ0v) is 7.92. The molecule has 1 heteroatoms. The van der Waals surface area contributed by atoms with Crippen LogP contribution in [0.1, 0.15) is 13.3 Å². The van der Waals surface area contributed by atoms with E-state index in [0.717, 1.165) is 6.42 Å². The van der Waals surface area contributed by atoms with Gasteiger partial charge in [0.15, 0.2) is 0 Å². The fraction of sp³-hybridized carbons (Fsp3) is 0.250. The quantitative estimate of drug-likeness (QED) is 0.374. The number of hydrogen-bond donors (Lipinski definition) is 0. The Morgan fingerprint density at radius 3 is 2.11 bits per heavy atom. The molecule has 1 rings (SSSR count). The second kappa shape index (κ2) is 8.19. The van der Waals surface area contributed by atoms with Crippen LogP contribution in [0.25, 0.3) is 0 Å². The van der Waals surface area contributed by atoms with E-state index >= 15 is 0 Å². The topological polar surface area (TPSA) is 0 Å². The van der Waals surface area contributed by atoms with Crippen LogP contribution in [0.5, 0.6) is 0 Å². The van der Waals surface area contributed by atoms with E-state index in [9.17, 15) is 0 Å². The molecule has 0 aromatic carbocycles.